The molecule has 15 heavy (non-hydrogen) atoms. The van der Waals surface area contributed by atoms with Gasteiger partial charge >= 0.3 is 0 Å². The van der Waals surface area contributed by atoms with Gasteiger partial charge in [-0.3, -0.25) is 0 Å². The van der Waals surface area contributed by atoms with Gasteiger partial charge in [-0.15, -0.1) is 0 Å². The highest BCUT2D eigenvalue weighted by molar-refractivity contribution is 5.54. The summed E-state index contributed by atoms with van der Waals surface area (Å²) in [4.78, 5) is 1.79. The first kappa shape index (κ1) is 11.9. The Kier molecular flexibility index (Phi) is 4.05. The fourth-order valence-corrected chi connectivity index (χ4v) is 1.58. The third-order valence-corrected chi connectivity index (χ3v) is 2.33. The molecule has 0 unspecified atom stereocenters. The zero-order valence-electron chi connectivity index (χ0n) is 9.07. The highest BCUT2D eigenvalue weighted by atomic mass is 19.1. The molecule has 3 N–H and O–H groups in total. The third-order valence-electron chi connectivity index (χ3n) is 2.33. The van der Waals surface area contributed by atoms with Crippen molar-refractivity contribution in [3.8, 4) is 0 Å². The Hall–Kier alpha value is -1.13. The van der Waals surface area contributed by atoms with Crippen molar-refractivity contribution in [1.29, 1.82) is 0 Å². The van der Waals surface area contributed by atoms with Crippen molar-refractivity contribution < 1.29 is 9.50 Å². The summed E-state index contributed by atoms with van der Waals surface area (Å²) in [6.45, 7) is 2.24. The van der Waals surface area contributed by atoms with Gasteiger partial charge in [-0.2, -0.15) is 0 Å². The van der Waals surface area contributed by atoms with E-state index >= 15 is 0 Å². The zero-order chi connectivity index (χ0) is 11.4. The molecule has 1 atom stereocenters. The quantitative estimate of drug-likeness (QED) is 0.790. The van der Waals surface area contributed by atoms with Crippen LogP contribution in [0.15, 0.2) is 18.2 Å². The van der Waals surface area contributed by atoms with Gasteiger partial charge < -0.3 is 15.7 Å². The molecule has 0 aromatic heterocycles. The lowest BCUT2D eigenvalue weighted by Gasteiger charge is -2.23. The lowest BCUT2D eigenvalue weighted by atomic mass is 10.1. The second-order valence-electron chi connectivity index (χ2n) is 3.61. The SMILES string of the molecule is C[C@H](N)c1c(F)cccc1N(C)CCO. The van der Waals surface area contributed by atoms with Crippen LogP contribution in [0.2, 0.25) is 0 Å². The van der Waals surface area contributed by atoms with Crippen molar-refractivity contribution in [1.82, 2.24) is 0 Å². The van der Waals surface area contributed by atoms with Crippen LogP contribution >= 0.6 is 0 Å². The molecular formula is C11H17FN2O. The molecule has 0 radical (unpaired) electrons. The molecule has 0 heterocycles. The number of likely N-dealkylation sites (N-methyl/N-ethyl adjacent to an activating group) is 1. The van der Waals surface area contributed by atoms with E-state index in [2.05, 4.69) is 0 Å². The molecule has 0 amide bonds. The fraction of sp³-hybridized carbons (Fsp3) is 0.455. The third kappa shape index (κ3) is 2.67. The molecule has 1 aromatic rings. The smallest absolute Gasteiger partial charge is 0.130 e. The number of nitrogens with zero attached hydrogens (tertiary/aromatic N) is 1. The van der Waals surface area contributed by atoms with E-state index in [0.29, 0.717) is 12.1 Å². The van der Waals surface area contributed by atoms with Gasteiger partial charge in [0.05, 0.1) is 6.61 Å². The summed E-state index contributed by atoms with van der Waals surface area (Å²) in [6.07, 6.45) is 0. The van der Waals surface area contributed by atoms with E-state index in [1.54, 1.807) is 31.0 Å². The van der Waals surface area contributed by atoms with Crippen molar-refractivity contribution in [3.05, 3.63) is 29.6 Å². The largest absolute Gasteiger partial charge is 0.395 e. The Bertz CT molecular complexity index is 328. The normalized spacial score (nSPS) is 12.6. The lowest BCUT2D eigenvalue weighted by molar-refractivity contribution is 0.304. The first-order valence-electron chi connectivity index (χ1n) is 4.94. The maximum Gasteiger partial charge on any atom is 0.130 e. The van der Waals surface area contributed by atoms with Crippen LogP contribution < -0.4 is 10.6 Å². The van der Waals surface area contributed by atoms with Crippen molar-refractivity contribution in [3.63, 3.8) is 0 Å². The fourth-order valence-electron chi connectivity index (χ4n) is 1.58. The number of halogens is 1. The Morgan fingerprint density at radius 2 is 2.20 bits per heavy atom. The van der Waals surface area contributed by atoms with Crippen molar-refractivity contribution in [2.75, 3.05) is 25.1 Å². The molecule has 0 fully saturated rings. The van der Waals surface area contributed by atoms with Crippen molar-refractivity contribution >= 4 is 5.69 Å². The molecule has 0 bridgehead atoms. The van der Waals surface area contributed by atoms with Crippen LogP contribution in [0.5, 0.6) is 0 Å². The van der Waals surface area contributed by atoms with E-state index in [9.17, 15) is 4.39 Å². The summed E-state index contributed by atoms with van der Waals surface area (Å²) in [5.74, 6) is -0.299. The van der Waals surface area contributed by atoms with E-state index in [1.807, 2.05) is 0 Å². The topological polar surface area (TPSA) is 49.5 Å². The minimum Gasteiger partial charge on any atom is -0.395 e. The zero-order valence-corrected chi connectivity index (χ0v) is 9.07. The van der Waals surface area contributed by atoms with Crippen LogP contribution in [0.4, 0.5) is 10.1 Å². The molecule has 0 spiro atoms. The van der Waals surface area contributed by atoms with E-state index in [0.717, 1.165) is 5.69 Å². The Labute approximate surface area is 89.3 Å². The predicted octanol–water partition coefficient (Wildman–Crippen LogP) is 1.27. The summed E-state index contributed by atoms with van der Waals surface area (Å²) < 4.78 is 13.5. The van der Waals surface area contributed by atoms with Crippen LogP contribution in [-0.2, 0) is 0 Å². The lowest BCUT2D eigenvalue weighted by Crippen LogP contribution is -2.24. The van der Waals surface area contributed by atoms with Crippen LogP contribution in [0.1, 0.15) is 18.5 Å². The van der Waals surface area contributed by atoms with Gasteiger partial charge in [0.15, 0.2) is 0 Å². The first-order chi connectivity index (χ1) is 7.07. The molecule has 1 rings (SSSR count). The van der Waals surface area contributed by atoms with Gasteiger partial charge in [0, 0.05) is 30.9 Å². The number of hydrogen-bond acceptors (Lipinski definition) is 3. The molecule has 1 aromatic carbocycles. The Morgan fingerprint density at radius 1 is 1.53 bits per heavy atom. The minimum absolute atomic E-state index is 0.0331. The average Bonchev–Trinajstić information content (AvgIpc) is 2.17. The second-order valence-corrected chi connectivity index (χ2v) is 3.61. The van der Waals surface area contributed by atoms with Crippen LogP contribution in [-0.4, -0.2) is 25.3 Å². The van der Waals surface area contributed by atoms with E-state index < -0.39 is 0 Å². The summed E-state index contributed by atoms with van der Waals surface area (Å²) in [6, 6.07) is 4.49. The van der Waals surface area contributed by atoms with Crippen LogP contribution in [0, 0.1) is 5.82 Å². The molecule has 3 nitrogen and oxygen atoms in total. The van der Waals surface area contributed by atoms with Crippen molar-refractivity contribution in [2.24, 2.45) is 5.73 Å². The number of hydrogen-bond donors (Lipinski definition) is 2. The molecule has 0 saturated heterocycles. The second kappa shape index (κ2) is 5.09. The monoisotopic (exact) mass is 212 g/mol. The Balaban J connectivity index is 3.10. The van der Waals surface area contributed by atoms with Crippen LogP contribution in [0.3, 0.4) is 0 Å². The van der Waals surface area contributed by atoms with Gasteiger partial charge in [0.2, 0.25) is 0 Å². The van der Waals surface area contributed by atoms with E-state index in [-0.39, 0.29) is 18.5 Å². The number of aliphatic hydroxyl groups is 1. The standard InChI is InChI=1S/C11H17FN2O/c1-8(13)11-9(12)4-3-5-10(11)14(2)6-7-15/h3-5,8,15H,6-7,13H2,1-2H3/t8-/m0/s1. The molecule has 84 valence electrons. The Morgan fingerprint density at radius 3 is 2.73 bits per heavy atom. The average molecular weight is 212 g/mol. The molecule has 0 aliphatic heterocycles. The van der Waals surface area contributed by atoms with Gasteiger partial charge in [0.25, 0.3) is 0 Å². The number of nitrogens with two attached hydrogens (primary N) is 1. The van der Waals surface area contributed by atoms with Crippen molar-refractivity contribution in [2.45, 2.75) is 13.0 Å². The summed E-state index contributed by atoms with van der Waals surface area (Å²) in [5.41, 5.74) is 6.95. The van der Waals surface area contributed by atoms with Gasteiger partial charge in [-0.1, -0.05) is 6.07 Å². The maximum atomic E-state index is 13.5. The number of aliphatic hydroxyl groups excluding tert-OH is 1. The van der Waals surface area contributed by atoms with Gasteiger partial charge in [-0.25, -0.2) is 4.39 Å². The predicted molar refractivity (Wildman–Crippen MR) is 59.4 cm³/mol. The van der Waals surface area contributed by atoms with E-state index in [1.165, 1.54) is 6.07 Å². The number of benzene rings is 1. The molecule has 0 aliphatic carbocycles. The maximum absolute atomic E-state index is 13.5. The molecule has 4 heteroatoms. The summed E-state index contributed by atoms with van der Waals surface area (Å²) >= 11 is 0. The summed E-state index contributed by atoms with van der Waals surface area (Å²) in [7, 11) is 1.80. The first-order valence-corrected chi connectivity index (χ1v) is 4.94. The van der Waals surface area contributed by atoms with E-state index in [4.69, 9.17) is 10.8 Å². The number of rotatable bonds is 4. The molecular weight excluding hydrogens is 195 g/mol. The summed E-state index contributed by atoms with van der Waals surface area (Å²) in [5, 5.41) is 8.83. The van der Waals surface area contributed by atoms with Crippen LogP contribution in [0.25, 0.3) is 0 Å². The minimum atomic E-state index is -0.359. The van der Waals surface area contributed by atoms with Gasteiger partial charge in [0.1, 0.15) is 5.82 Å². The van der Waals surface area contributed by atoms with Gasteiger partial charge in [-0.05, 0) is 19.1 Å². The highest BCUT2D eigenvalue weighted by Gasteiger charge is 2.14. The number of anilines is 1. The molecule has 0 aliphatic rings. The highest BCUT2D eigenvalue weighted by Crippen LogP contribution is 2.26. The molecule has 0 saturated carbocycles.